The SMILES string of the molecule is Cc1ccc2oc(C3CNc4ccccc4C3)nc2c1. The second-order valence-corrected chi connectivity index (χ2v) is 5.46. The highest BCUT2D eigenvalue weighted by Crippen LogP contribution is 2.31. The first-order valence-corrected chi connectivity index (χ1v) is 6.98. The van der Waals surface area contributed by atoms with Gasteiger partial charge in [-0.2, -0.15) is 0 Å². The van der Waals surface area contributed by atoms with E-state index in [0.717, 1.165) is 30.0 Å². The van der Waals surface area contributed by atoms with Crippen molar-refractivity contribution in [1.29, 1.82) is 0 Å². The van der Waals surface area contributed by atoms with Crippen molar-refractivity contribution in [2.75, 3.05) is 11.9 Å². The molecule has 1 unspecified atom stereocenters. The summed E-state index contributed by atoms with van der Waals surface area (Å²) in [5.41, 5.74) is 5.62. The molecule has 20 heavy (non-hydrogen) atoms. The van der Waals surface area contributed by atoms with Gasteiger partial charge in [-0.1, -0.05) is 24.3 Å². The lowest BCUT2D eigenvalue weighted by Gasteiger charge is -2.23. The smallest absolute Gasteiger partial charge is 0.200 e. The number of oxazole rings is 1. The van der Waals surface area contributed by atoms with Gasteiger partial charge in [-0.15, -0.1) is 0 Å². The highest BCUT2D eigenvalue weighted by atomic mass is 16.3. The quantitative estimate of drug-likeness (QED) is 0.724. The molecular formula is C17H16N2O. The molecule has 2 heterocycles. The van der Waals surface area contributed by atoms with E-state index in [1.54, 1.807) is 0 Å². The number of nitrogens with one attached hydrogen (secondary N) is 1. The fourth-order valence-electron chi connectivity index (χ4n) is 2.85. The highest BCUT2D eigenvalue weighted by molar-refractivity contribution is 5.73. The second kappa shape index (κ2) is 4.37. The standard InChI is InChI=1S/C17H16N2O/c1-11-6-7-16-15(8-11)19-17(20-16)13-9-12-4-2-3-5-14(12)18-10-13/h2-8,13,18H,9-10H2,1H3. The van der Waals surface area contributed by atoms with Gasteiger partial charge in [0.15, 0.2) is 5.58 Å². The first-order valence-electron chi connectivity index (χ1n) is 6.98. The minimum atomic E-state index is 0.303. The number of aryl methyl sites for hydroxylation is 1. The van der Waals surface area contributed by atoms with Gasteiger partial charge in [0.1, 0.15) is 5.52 Å². The van der Waals surface area contributed by atoms with Crippen LogP contribution in [-0.2, 0) is 6.42 Å². The number of para-hydroxylation sites is 1. The van der Waals surface area contributed by atoms with Gasteiger partial charge >= 0.3 is 0 Å². The van der Waals surface area contributed by atoms with Gasteiger partial charge in [-0.25, -0.2) is 4.98 Å². The van der Waals surface area contributed by atoms with E-state index in [9.17, 15) is 0 Å². The van der Waals surface area contributed by atoms with E-state index in [0.29, 0.717) is 5.92 Å². The van der Waals surface area contributed by atoms with E-state index in [-0.39, 0.29) is 0 Å². The number of benzene rings is 2. The molecule has 100 valence electrons. The topological polar surface area (TPSA) is 38.1 Å². The Hall–Kier alpha value is -2.29. The van der Waals surface area contributed by atoms with Gasteiger partial charge in [0, 0.05) is 12.2 Å². The van der Waals surface area contributed by atoms with Crippen molar-refractivity contribution in [2.24, 2.45) is 0 Å². The van der Waals surface area contributed by atoms with Crippen LogP contribution in [-0.4, -0.2) is 11.5 Å². The Kier molecular flexibility index (Phi) is 2.52. The molecule has 1 N–H and O–H groups in total. The molecule has 2 aromatic carbocycles. The predicted octanol–water partition coefficient (Wildman–Crippen LogP) is 3.89. The molecule has 0 amide bonds. The Morgan fingerprint density at radius 1 is 1.20 bits per heavy atom. The fourth-order valence-corrected chi connectivity index (χ4v) is 2.85. The third kappa shape index (κ3) is 1.86. The molecule has 0 fully saturated rings. The van der Waals surface area contributed by atoms with Gasteiger partial charge in [-0.05, 0) is 42.7 Å². The first-order chi connectivity index (χ1) is 9.79. The molecule has 1 aliphatic rings. The molecule has 3 nitrogen and oxygen atoms in total. The molecule has 3 aromatic rings. The van der Waals surface area contributed by atoms with Crippen LogP contribution in [0.4, 0.5) is 5.69 Å². The molecule has 1 atom stereocenters. The summed E-state index contributed by atoms with van der Waals surface area (Å²) in [6.45, 7) is 2.95. The monoisotopic (exact) mass is 264 g/mol. The number of hydrogen-bond donors (Lipinski definition) is 1. The molecule has 0 saturated heterocycles. The molecule has 0 aliphatic carbocycles. The van der Waals surface area contributed by atoms with E-state index in [4.69, 9.17) is 4.42 Å². The average molecular weight is 264 g/mol. The van der Waals surface area contributed by atoms with Crippen LogP contribution in [0.2, 0.25) is 0 Å². The summed E-state index contributed by atoms with van der Waals surface area (Å²) >= 11 is 0. The van der Waals surface area contributed by atoms with Gasteiger partial charge in [0.25, 0.3) is 0 Å². The summed E-state index contributed by atoms with van der Waals surface area (Å²) in [5, 5.41) is 3.47. The van der Waals surface area contributed by atoms with Gasteiger partial charge in [0.2, 0.25) is 5.89 Å². The Morgan fingerprint density at radius 3 is 3.05 bits per heavy atom. The Balaban J connectivity index is 1.70. The third-order valence-corrected chi connectivity index (χ3v) is 3.93. The Morgan fingerprint density at radius 2 is 2.10 bits per heavy atom. The molecule has 0 spiro atoms. The highest BCUT2D eigenvalue weighted by Gasteiger charge is 2.23. The van der Waals surface area contributed by atoms with E-state index >= 15 is 0 Å². The summed E-state index contributed by atoms with van der Waals surface area (Å²) in [4.78, 5) is 4.66. The van der Waals surface area contributed by atoms with Crippen molar-refractivity contribution in [1.82, 2.24) is 4.98 Å². The van der Waals surface area contributed by atoms with Crippen LogP contribution in [0.3, 0.4) is 0 Å². The summed E-state index contributed by atoms with van der Waals surface area (Å²) in [6.07, 6.45) is 0.981. The number of anilines is 1. The Labute approximate surface area is 117 Å². The predicted molar refractivity (Wildman–Crippen MR) is 80.1 cm³/mol. The largest absolute Gasteiger partial charge is 0.440 e. The summed E-state index contributed by atoms with van der Waals surface area (Å²) in [6, 6.07) is 14.6. The number of aromatic nitrogens is 1. The van der Waals surface area contributed by atoms with Crippen LogP contribution in [0.5, 0.6) is 0 Å². The molecule has 3 heteroatoms. The number of rotatable bonds is 1. The van der Waals surface area contributed by atoms with Crippen molar-refractivity contribution < 1.29 is 4.42 Å². The first kappa shape index (κ1) is 11.5. The van der Waals surface area contributed by atoms with Gasteiger partial charge in [0.05, 0.1) is 5.92 Å². The zero-order valence-electron chi connectivity index (χ0n) is 11.4. The average Bonchev–Trinajstić information content (AvgIpc) is 2.89. The fraction of sp³-hybridized carbons (Fsp3) is 0.235. The lowest BCUT2D eigenvalue weighted by Crippen LogP contribution is -2.21. The van der Waals surface area contributed by atoms with Gasteiger partial charge in [-0.3, -0.25) is 0 Å². The second-order valence-electron chi connectivity index (χ2n) is 5.46. The van der Waals surface area contributed by atoms with Crippen molar-refractivity contribution in [3.63, 3.8) is 0 Å². The zero-order valence-corrected chi connectivity index (χ0v) is 11.4. The van der Waals surface area contributed by atoms with Crippen LogP contribution in [0, 0.1) is 6.92 Å². The lowest BCUT2D eigenvalue weighted by molar-refractivity contribution is 0.471. The molecule has 0 radical (unpaired) electrons. The van der Waals surface area contributed by atoms with E-state index < -0.39 is 0 Å². The summed E-state index contributed by atoms with van der Waals surface area (Å²) in [7, 11) is 0. The lowest BCUT2D eigenvalue weighted by atomic mass is 9.94. The number of fused-ring (bicyclic) bond motifs is 2. The maximum absolute atomic E-state index is 5.93. The minimum absolute atomic E-state index is 0.303. The van der Waals surface area contributed by atoms with Crippen molar-refractivity contribution in [3.8, 4) is 0 Å². The molecule has 1 aromatic heterocycles. The zero-order chi connectivity index (χ0) is 13.5. The van der Waals surface area contributed by atoms with Gasteiger partial charge < -0.3 is 9.73 Å². The number of nitrogens with zero attached hydrogens (tertiary/aromatic N) is 1. The summed E-state index contributed by atoms with van der Waals surface area (Å²) < 4.78 is 5.93. The van der Waals surface area contributed by atoms with Crippen LogP contribution in [0.25, 0.3) is 11.1 Å². The van der Waals surface area contributed by atoms with Crippen LogP contribution in [0.15, 0.2) is 46.9 Å². The number of hydrogen-bond acceptors (Lipinski definition) is 3. The molecule has 4 rings (SSSR count). The van der Waals surface area contributed by atoms with Crippen LogP contribution < -0.4 is 5.32 Å². The molecule has 0 saturated carbocycles. The molecular weight excluding hydrogens is 248 g/mol. The van der Waals surface area contributed by atoms with Crippen LogP contribution >= 0.6 is 0 Å². The minimum Gasteiger partial charge on any atom is -0.440 e. The maximum Gasteiger partial charge on any atom is 0.200 e. The van der Waals surface area contributed by atoms with Crippen molar-refractivity contribution in [2.45, 2.75) is 19.3 Å². The van der Waals surface area contributed by atoms with Crippen molar-refractivity contribution in [3.05, 3.63) is 59.5 Å². The Bertz CT molecular complexity index is 776. The summed E-state index contributed by atoms with van der Waals surface area (Å²) in [5.74, 6) is 1.14. The third-order valence-electron chi connectivity index (χ3n) is 3.93. The molecule has 1 aliphatic heterocycles. The van der Waals surface area contributed by atoms with Crippen molar-refractivity contribution >= 4 is 16.8 Å². The maximum atomic E-state index is 5.93. The van der Waals surface area contributed by atoms with Crippen LogP contribution in [0.1, 0.15) is 22.9 Å². The van der Waals surface area contributed by atoms with E-state index in [1.807, 2.05) is 6.07 Å². The van der Waals surface area contributed by atoms with E-state index in [1.165, 1.54) is 16.8 Å². The normalized spacial score (nSPS) is 17.8. The van der Waals surface area contributed by atoms with E-state index in [2.05, 4.69) is 53.6 Å². The molecule has 0 bridgehead atoms.